The quantitative estimate of drug-likeness (QED) is 0.829. The fourth-order valence-corrected chi connectivity index (χ4v) is 2.76. The molecular formula is C9H11NO3S. The lowest BCUT2D eigenvalue weighted by atomic mass is 10.2. The van der Waals surface area contributed by atoms with E-state index in [-0.39, 0.29) is 5.69 Å². The second-order valence-corrected chi connectivity index (χ2v) is 4.68. The second-order valence-electron chi connectivity index (χ2n) is 3.27. The monoisotopic (exact) mass is 213 g/mol. The average molecular weight is 213 g/mol. The van der Waals surface area contributed by atoms with Gasteiger partial charge in [-0.05, 0) is 18.6 Å². The molecule has 1 aliphatic rings. The van der Waals surface area contributed by atoms with Crippen molar-refractivity contribution in [2.75, 3.05) is 5.75 Å². The van der Waals surface area contributed by atoms with E-state index in [1.54, 1.807) is 0 Å². The van der Waals surface area contributed by atoms with Crippen molar-refractivity contribution in [3.05, 3.63) is 17.8 Å². The molecule has 2 heterocycles. The van der Waals surface area contributed by atoms with Crippen molar-refractivity contribution in [2.45, 2.75) is 24.5 Å². The Balaban J connectivity index is 1.98. The Kier molecular flexibility index (Phi) is 2.77. The molecule has 0 saturated carbocycles. The summed E-state index contributed by atoms with van der Waals surface area (Å²) in [7, 11) is 0. The number of carboxylic acid groups (broad SMARTS) is 1. The highest BCUT2D eigenvalue weighted by Crippen LogP contribution is 2.28. The smallest absolute Gasteiger partial charge is 0.357 e. The second kappa shape index (κ2) is 4.04. The van der Waals surface area contributed by atoms with E-state index in [4.69, 9.17) is 9.52 Å². The first kappa shape index (κ1) is 9.58. The number of carboxylic acids is 1. The van der Waals surface area contributed by atoms with Gasteiger partial charge in [0.1, 0.15) is 6.26 Å². The topological polar surface area (TPSA) is 63.3 Å². The molecule has 0 radical (unpaired) electrons. The molecule has 76 valence electrons. The lowest BCUT2D eigenvalue weighted by molar-refractivity contribution is 0.0690. The van der Waals surface area contributed by atoms with Crippen LogP contribution in [0.4, 0.5) is 0 Å². The number of nitrogens with zero attached hydrogens (tertiary/aromatic N) is 1. The lowest BCUT2D eigenvalue weighted by Gasteiger charge is -2.02. The van der Waals surface area contributed by atoms with E-state index in [9.17, 15) is 4.79 Å². The van der Waals surface area contributed by atoms with Gasteiger partial charge in [-0.3, -0.25) is 0 Å². The van der Waals surface area contributed by atoms with Gasteiger partial charge in [-0.15, -0.1) is 0 Å². The van der Waals surface area contributed by atoms with Crippen molar-refractivity contribution >= 4 is 17.7 Å². The maximum absolute atomic E-state index is 10.5. The number of thioether (sulfide) groups is 1. The van der Waals surface area contributed by atoms with Crippen LogP contribution < -0.4 is 0 Å². The third-order valence-corrected chi connectivity index (χ3v) is 3.60. The van der Waals surface area contributed by atoms with Crippen LogP contribution in [0.25, 0.3) is 0 Å². The third kappa shape index (κ3) is 2.09. The van der Waals surface area contributed by atoms with Gasteiger partial charge in [0.25, 0.3) is 0 Å². The molecule has 5 heteroatoms. The fraction of sp³-hybridized carbons (Fsp3) is 0.556. The normalized spacial score (nSPS) is 21.3. The molecular weight excluding hydrogens is 202 g/mol. The Morgan fingerprint density at radius 1 is 1.79 bits per heavy atom. The Morgan fingerprint density at radius 3 is 3.21 bits per heavy atom. The Labute approximate surface area is 85.7 Å². The zero-order chi connectivity index (χ0) is 9.97. The minimum atomic E-state index is -1.03. The average Bonchev–Trinajstić information content (AvgIpc) is 2.75. The standard InChI is InChI=1S/C9H11NO3S/c11-9(12)7-5-13-8(10-7)4-6-2-1-3-14-6/h5-6H,1-4H2,(H,11,12). The molecule has 0 aliphatic carbocycles. The minimum absolute atomic E-state index is 0.00277. The molecule has 1 saturated heterocycles. The zero-order valence-electron chi connectivity index (χ0n) is 7.60. The molecule has 0 aromatic carbocycles. The predicted octanol–water partition coefficient (Wildman–Crippen LogP) is 1.81. The Morgan fingerprint density at radius 2 is 2.64 bits per heavy atom. The van der Waals surface area contributed by atoms with Crippen LogP contribution in [0, 0.1) is 0 Å². The molecule has 1 atom stereocenters. The lowest BCUT2D eigenvalue weighted by Crippen LogP contribution is -2.03. The van der Waals surface area contributed by atoms with Crippen molar-refractivity contribution in [3.8, 4) is 0 Å². The van der Waals surface area contributed by atoms with Crippen LogP contribution in [0.2, 0.25) is 0 Å². The van der Waals surface area contributed by atoms with Crippen LogP contribution in [-0.4, -0.2) is 27.1 Å². The van der Waals surface area contributed by atoms with E-state index in [1.165, 1.54) is 24.9 Å². The summed E-state index contributed by atoms with van der Waals surface area (Å²) in [4.78, 5) is 14.4. The van der Waals surface area contributed by atoms with Gasteiger partial charge >= 0.3 is 5.97 Å². The summed E-state index contributed by atoms with van der Waals surface area (Å²) in [5.41, 5.74) is 0.00277. The highest BCUT2D eigenvalue weighted by atomic mass is 32.2. The van der Waals surface area contributed by atoms with Crippen molar-refractivity contribution in [2.24, 2.45) is 0 Å². The van der Waals surface area contributed by atoms with Gasteiger partial charge in [-0.25, -0.2) is 9.78 Å². The summed E-state index contributed by atoms with van der Waals surface area (Å²) < 4.78 is 5.08. The molecule has 0 amide bonds. The van der Waals surface area contributed by atoms with Crippen LogP contribution in [0.1, 0.15) is 29.2 Å². The first-order chi connectivity index (χ1) is 6.75. The summed E-state index contributed by atoms with van der Waals surface area (Å²) in [6.07, 6.45) is 4.37. The minimum Gasteiger partial charge on any atom is -0.476 e. The Bertz CT molecular complexity index is 331. The van der Waals surface area contributed by atoms with Gasteiger partial charge in [0.15, 0.2) is 11.6 Å². The van der Waals surface area contributed by atoms with E-state index in [2.05, 4.69) is 4.98 Å². The predicted molar refractivity (Wildman–Crippen MR) is 52.6 cm³/mol. The van der Waals surface area contributed by atoms with Crippen molar-refractivity contribution in [1.82, 2.24) is 4.98 Å². The van der Waals surface area contributed by atoms with Crippen LogP contribution in [0.3, 0.4) is 0 Å². The third-order valence-electron chi connectivity index (χ3n) is 2.20. The van der Waals surface area contributed by atoms with Crippen molar-refractivity contribution < 1.29 is 14.3 Å². The highest BCUT2D eigenvalue weighted by Gasteiger charge is 2.19. The van der Waals surface area contributed by atoms with Gasteiger partial charge in [0.2, 0.25) is 0 Å². The molecule has 2 rings (SSSR count). The highest BCUT2D eigenvalue weighted by molar-refractivity contribution is 8.00. The molecule has 0 bridgehead atoms. The SMILES string of the molecule is O=C(O)c1coc(CC2CCCS2)n1. The molecule has 4 nitrogen and oxygen atoms in total. The number of carbonyl (C=O) groups is 1. The fourth-order valence-electron chi connectivity index (χ4n) is 1.50. The number of hydrogen-bond donors (Lipinski definition) is 1. The first-order valence-corrected chi connectivity index (χ1v) is 5.60. The molecule has 1 aromatic rings. The molecule has 1 unspecified atom stereocenters. The molecule has 1 aliphatic heterocycles. The number of hydrogen-bond acceptors (Lipinski definition) is 4. The van der Waals surface area contributed by atoms with E-state index >= 15 is 0 Å². The van der Waals surface area contributed by atoms with Crippen LogP contribution in [-0.2, 0) is 6.42 Å². The molecule has 14 heavy (non-hydrogen) atoms. The van der Waals surface area contributed by atoms with Gasteiger partial charge in [0, 0.05) is 11.7 Å². The van der Waals surface area contributed by atoms with E-state index in [0.717, 1.165) is 6.42 Å². The van der Waals surface area contributed by atoms with E-state index in [0.29, 0.717) is 11.1 Å². The van der Waals surface area contributed by atoms with Gasteiger partial charge in [0.05, 0.1) is 0 Å². The van der Waals surface area contributed by atoms with Gasteiger partial charge < -0.3 is 9.52 Å². The summed E-state index contributed by atoms with van der Waals surface area (Å²) in [5, 5.41) is 9.18. The Hall–Kier alpha value is -0.970. The maximum Gasteiger partial charge on any atom is 0.357 e. The number of oxazole rings is 1. The summed E-state index contributed by atoms with van der Waals surface area (Å²) in [6.45, 7) is 0. The van der Waals surface area contributed by atoms with Crippen molar-refractivity contribution in [1.29, 1.82) is 0 Å². The van der Waals surface area contributed by atoms with Crippen LogP contribution >= 0.6 is 11.8 Å². The van der Waals surface area contributed by atoms with Gasteiger partial charge in [-0.1, -0.05) is 0 Å². The number of aromatic carboxylic acids is 1. The van der Waals surface area contributed by atoms with Gasteiger partial charge in [-0.2, -0.15) is 11.8 Å². The first-order valence-electron chi connectivity index (χ1n) is 4.55. The van der Waals surface area contributed by atoms with Crippen molar-refractivity contribution in [3.63, 3.8) is 0 Å². The number of rotatable bonds is 3. The summed E-state index contributed by atoms with van der Waals surface area (Å²) in [6, 6.07) is 0. The molecule has 1 fully saturated rings. The number of aromatic nitrogens is 1. The van der Waals surface area contributed by atoms with E-state index in [1.807, 2.05) is 11.8 Å². The largest absolute Gasteiger partial charge is 0.476 e. The zero-order valence-corrected chi connectivity index (χ0v) is 8.42. The van der Waals surface area contributed by atoms with E-state index < -0.39 is 5.97 Å². The summed E-state index contributed by atoms with van der Waals surface area (Å²) >= 11 is 1.91. The van der Waals surface area contributed by atoms with Crippen LogP contribution in [0.15, 0.2) is 10.7 Å². The molecule has 1 aromatic heterocycles. The molecule has 1 N–H and O–H groups in total. The molecule has 0 spiro atoms. The maximum atomic E-state index is 10.5. The summed E-state index contributed by atoms with van der Waals surface area (Å²) in [5.74, 6) is 0.706. The van der Waals surface area contributed by atoms with Crippen LogP contribution in [0.5, 0.6) is 0 Å².